The quantitative estimate of drug-likeness (QED) is 0.565. The van der Waals surface area contributed by atoms with Gasteiger partial charge in [0.1, 0.15) is 11.6 Å². The summed E-state index contributed by atoms with van der Waals surface area (Å²) in [6.07, 6.45) is 5.77. The van der Waals surface area contributed by atoms with Gasteiger partial charge in [0.05, 0.1) is 30.1 Å². The molecule has 2 bridgehead atoms. The van der Waals surface area contributed by atoms with E-state index in [1.807, 2.05) is 27.7 Å². The van der Waals surface area contributed by atoms with Crippen molar-refractivity contribution < 1.29 is 24.2 Å². The smallest absolute Gasteiger partial charge is 0.246 e. The molecule has 8 nitrogen and oxygen atoms in total. The summed E-state index contributed by atoms with van der Waals surface area (Å²) in [5.41, 5.74) is -1.86. The number of aliphatic hydroxyl groups excluding tert-OH is 1. The van der Waals surface area contributed by atoms with E-state index in [-0.39, 0.29) is 42.2 Å². The number of hydrogen-bond donors (Lipinski definition) is 3. The van der Waals surface area contributed by atoms with Gasteiger partial charge < -0.3 is 25.4 Å². The van der Waals surface area contributed by atoms with E-state index in [4.69, 9.17) is 4.74 Å². The number of carbonyl (C=O) groups excluding carboxylic acids is 3. The molecule has 3 unspecified atom stereocenters. The lowest BCUT2D eigenvalue weighted by atomic mass is 9.62. The molecular formula is C24H39N3O5. The van der Waals surface area contributed by atoms with Crippen molar-refractivity contribution in [2.24, 2.45) is 23.7 Å². The standard InChI is InChI=1S/C24H39N3O5/c1-13(2)16(12-28)27-19(21(30)26-15-9-7-6-8-10-15)24-11-14(3)23(4,32-24)17(20(29)25-5)18(24)22(27)31/h13-19,28H,6-12H2,1-5H3,(H,25,29)(H,26,30)/t14?,16-,17+,18-,19?,23-,24?/m0/s1. The maximum Gasteiger partial charge on any atom is 0.246 e. The Morgan fingerprint density at radius 3 is 2.44 bits per heavy atom. The number of amides is 3. The third-order valence-corrected chi connectivity index (χ3v) is 8.80. The SMILES string of the molecule is CNC(=O)[C@H]1[C@H]2C(=O)N([C@@H](CO)C(C)C)C(C(=O)NC3CCCCC3)C23CC(C)[C@]1(C)O3. The summed E-state index contributed by atoms with van der Waals surface area (Å²) >= 11 is 0. The van der Waals surface area contributed by atoms with Gasteiger partial charge in [-0.15, -0.1) is 0 Å². The summed E-state index contributed by atoms with van der Waals surface area (Å²) in [6.45, 7) is 7.58. The van der Waals surface area contributed by atoms with Crippen LogP contribution < -0.4 is 10.6 Å². The second kappa shape index (κ2) is 8.28. The highest BCUT2D eigenvalue weighted by atomic mass is 16.5. The van der Waals surface area contributed by atoms with Crippen LogP contribution in [0.3, 0.4) is 0 Å². The van der Waals surface area contributed by atoms with E-state index in [1.165, 1.54) is 6.42 Å². The minimum atomic E-state index is -1.05. The van der Waals surface area contributed by atoms with E-state index in [1.54, 1.807) is 11.9 Å². The lowest BCUT2D eigenvalue weighted by Crippen LogP contribution is -2.60. The predicted molar refractivity (Wildman–Crippen MR) is 118 cm³/mol. The molecule has 4 rings (SSSR count). The van der Waals surface area contributed by atoms with Gasteiger partial charge in [0.15, 0.2) is 0 Å². The summed E-state index contributed by atoms with van der Waals surface area (Å²) in [5.74, 6) is -2.09. The minimum Gasteiger partial charge on any atom is -0.394 e. The fraction of sp³-hybridized carbons (Fsp3) is 0.875. The first-order chi connectivity index (χ1) is 15.1. The number of nitrogens with one attached hydrogen (secondary N) is 2. The molecule has 0 aromatic rings. The number of hydrogen-bond acceptors (Lipinski definition) is 5. The Labute approximate surface area is 190 Å². The van der Waals surface area contributed by atoms with Crippen LogP contribution in [0.2, 0.25) is 0 Å². The topological polar surface area (TPSA) is 108 Å². The van der Waals surface area contributed by atoms with Crippen molar-refractivity contribution in [2.45, 2.75) is 95.5 Å². The van der Waals surface area contributed by atoms with Gasteiger partial charge in [-0.1, -0.05) is 40.0 Å². The molecule has 1 spiro atoms. The van der Waals surface area contributed by atoms with E-state index in [0.29, 0.717) is 6.42 Å². The van der Waals surface area contributed by atoms with Crippen LogP contribution in [0.25, 0.3) is 0 Å². The van der Waals surface area contributed by atoms with E-state index < -0.39 is 35.1 Å². The molecular weight excluding hydrogens is 410 g/mol. The van der Waals surface area contributed by atoms with Crippen molar-refractivity contribution in [3.8, 4) is 0 Å². The monoisotopic (exact) mass is 449 g/mol. The van der Waals surface area contributed by atoms with Crippen molar-refractivity contribution in [3.05, 3.63) is 0 Å². The van der Waals surface area contributed by atoms with Gasteiger partial charge >= 0.3 is 0 Å². The zero-order valence-electron chi connectivity index (χ0n) is 20.0. The van der Waals surface area contributed by atoms with Gasteiger partial charge in [0, 0.05) is 13.1 Å². The lowest BCUT2D eigenvalue weighted by Gasteiger charge is -2.39. The summed E-state index contributed by atoms with van der Waals surface area (Å²) in [4.78, 5) is 42.3. The molecule has 8 heteroatoms. The Balaban J connectivity index is 1.78. The van der Waals surface area contributed by atoms with Crippen LogP contribution in [0.5, 0.6) is 0 Å². The fourth-order valence-corrected chi connectivity index (χ4v) is 7.04. The maximum atomic E-state index is 13.9. The number of carbonyl (C=O) groups is 3. The highest BCUT2D eigenvalue weighted by Crippen LogP contribution is 2.65. The van der Waals surface area contributed by atoms with Crippen LogP contribution in [0.4, 0.5) is 0 Å². The molecule has 3 heterocycles. The van der Waals surface area contributed by atoms with Crippen LogP contribution in [0, 0.1) is 23.7 Å². The Morgan fingerprint density at radius 1 is 1.22 bits per heavy atom. The lowest BCUT2D eigenvalue weighted by molar-refractivity contribution is -0.152. The first-order valence-electron chi connectivity index (χ1n) is 12.3. The molecule has 1 aliphatic carbocycles. The summed E-state index contributed by atoms with van der Waals surface area (Å²) < 4.78 is 6.65. The molecule has 3 amide bonds. The molecule has 0 aromatic heterocycles. The van der Waals surface area contributed by atoms with E-state index in [0.717, 1.165) is 25.7 Å². The van der Waals surface area contributed by atoms with Crippen molar-refractivity contribution in [1.82, 2.24) is 15.5 Å². The Hall–Kier alpha value is -1.67. The molecule has 4 aliphatic rings. The van der Waals surface area contributed by atoms with Crippen molar-refractivity contribution in [2.75, 3.05) is 13.7 Å². The van der Waals surface area contributed by atoms with Crippen LogP contribution in [-0.2, 0) is 19.1 Å². The number of rotatable bonds is 6. The first-order valence-corrected chi connectivity index (χ1v) is 12.3. The molecule has 0 aromatic carbocycles. The molecule has 4 fully saturated rings. The number of ether oxygens (including phenoxy) is 1. The summed E-state index contributed by atoms with van der Waals surface area (Å²) in [7, 11) is 1.57. The van der Waals surface area contributed by atoms with Gasteiger partial charge in [-0.05, 0) is 38.0 Å². The Kier molecular flexibility index (Phi) is 6.07. The van der Waals surface area contributed by atoms with Crippen LogP contribution in [0.15, 0.2) is 0 Å². The van der Waals surface area contributed by atoms with Crippen LogP contribution in [-0.4, -0.2) is 70.7 Å². The number of fused-ring (bicyclic) bond motifs is 1. The van der Waals surface area contributed by atoms with Gasteiger partial charge in [0.2, 0.25) is 17.7 Å². The minimum absolute atomic E-state index is 0.0189. The average molecular weight is 450 g/mol. The molecule has 0 radical (unpaired) electrons. The fourth-order valence-electron chi connectivity index (χ4n) is 7.04. The molecule has 32 heavy (non-hydrogen) atoms. The van der Waals surface area contributed by atoms with Crippen LogP contribution in [0.1, 0.15) is 66.2 Å². The highest BCUT2D eigenvalue weighted by molar-refractivity contribution is 5.99. The van der Waals surface area contributed by atoms with E-state index in [9.17, 15) is 19.5 Å². The van der Waals surface area contributed by atoms with Crippen molar-refractivity contribution >= 4 is 17.7 Å². The molecule has 3 aliphatic heterocycles. The van der Waals surface area contributed by atoms with E-state index in [2.05, 4.69) is 10.6 Å². The zero-order valence-corrected chi connectivity index (χ0v) is 20.0. The van der Waals surface area contributed by atoms with E-state index >= 15 is 0 Å². The maximum absolute atomic E-state index is 13.9. The molecule has 7 atom stereocenters. The van der Waals surface area contributed by atoms with Crippen molar-refractivity contribution in [1.29, 1.82) is 0 Å². The number of likely N-dealkylation sites (tertiary alicyclic amines) is 1. The highest BCUT2D eigenvalue weighted by Gasteiger charge is 2.80. The third-order valence-electron chi connectivity index (χ3n) is 8.80. The van der Waals surface area contributed by atoms with Gasteiger partial charge in [0.25, 0.3) is 0 Å². The molecule has 3 saturated heterocycles. The molecule has 1 saturated carbocycles. The zero-order chi connectivity index (χ0) is 23.4. The Bertz CT molecular complexity index is 782. The Morgan fingerprint density at radius 2 is 1.88 bits per heavy atom. The summed E-state index contributed by atoms with van der Waals surface area (Å²) in [5, 5.41) is 16.1. The van der Waals surface area contributed by atoms with Crippen LogP contribution >= 0.6 is 0 Å². The normalized spacial score (nSPS) is 40.0. The largest absolute Gasteiger partial charge is 0.394 e. The number of aliphatic hydroxyl groups is 1. The first kappa shape index (κ1) is 23.5. The average Bonchev–Trinajstić information content (AvgIpc) is 3.26. The predicted octanol–water partition coefficient (Wildman–Crippen LogP) is 1.21. The van der Waals surface area contributed by atoms with Gasteiger partial charge in [-0.3, -0.25) is 14.4 Å². The molecule has 180 valence electrons. The second-order valence-corrected chi connectivity index (χ2v) is 10.9. The summed E-state index contributed by atoms with van der Waals surface area (Å²) in [6, 6.07) is -1.27. The van der Waals surface area contributed by atoms with Gasteiger partial charge in [-0.2, -0.15) is 0 Å². The second-order valence-electron chi connectivity index (χ2n) is 10.9. The molecule has 3 N–H and O–H groups in total. The van der Waals surface area contributed by atoms with Gasteiger partial charge in [-0.25, -0.2) is 0 Å². The third kappa shape index (κ3) is 3.20. The number of nitrogens with zero attached hydrogens (tertiary/aromatic N) is 1. The van der Waals surface area contributed by atoms with Crippen molar-refractivity contribution in [3.63, 3.8) is 0 Å².